The van der Waals surface area contributed by atoms with Crippen molar-refractivity contribution < 1.29 is 14.3 Å². The highest BCUT2D eigenvalue weighted by atomic mass is 35.5. The minimum absolute atomic E-state index is 0.0928. The van der Waals surface area contributed by atoms with E-state index in [0.29, 0.717) is 11.6 Å². The average Bonchev–Trinajstić information content (AvgIpc) is 2.72. The van der Waals surface area contributed by atoms with Crippen LogP contribution in [0.2, 0.25) is 5.02 Å². The van der Waals surface area contributed by atoms with E-state index in [1.165, 1.54) is 0 Å². The number of hydrogen-bond acceptors (Lipinski definition) is 3. The number of hydrogen-bond donors (Lipinski definition) is 1. The third-order valence-corrected chi connectivity index (χ3v) is 5.05. The van der Waals surface area contributed by atoms with Gasteiger partial charge in [0.15, 0.2) is 0 Å². The molecule has 27 heavy (non-hydrogen) atoms. The van der Waals surface area contributed by atoms with Gasteiger partial charge in [-0.25, -0.2) is 0 Å². The summed E-state index contributed by atoms with van der Waals surface area (Å²) in [6.45, 7) is 3.01. The molecule has 1 fully saturated rings. The predicted octanol–water partition coefficient (Wildman–Crippen LogP) is 4.52. The Morgan fingerprint density at radius 2 is 1.85 bits per heavy atom. The lowest BCUT2D eigenvalue weighted by atomic mass is 9.98. The second-order valence-electron chi connectivity index (χ2n) is 6.87. The van der Waals surface area contributed by atoms with Crippen molar-refractivity contribution in [3.63, 3.8) is 0 Å². The molecule has 0 aliphatic carbocycles. The molecule has 1 saturated heterocycles. The number of benzene rings is 2. The van der Waals surface area contributed by atoms with E-state index in [4.69, 9.17) is 21.1 Å². The second-order valence-corrected chi connectivity index (χ2v) is 7.30. The SMILES string of the molecule is CC(OCC1CCCCO1)C(=O)NC(c1ccccc1)c1ccc(Cl)cc1. The third-order valence-electron chi connectivity index (χ3n) is 4.80. The highest BCUT2D eigenvalue weighted by molar-refractivity contribution is 6.30. The minimum Gasteiger partial charge on any atom is -0.376 e. The number of amides is 1. The first-order chi connectivity index (χ1) is 13.1. The summed E-state index contributed by atoms with van der Waals surface area (Å²) in [5.74, 6) is -0.144. The normalized spacial score (nSPS) is 19.3. The van der Waals surface area contributed by atoms with Gasteiger partial charge in [0.25, 0.3) is 0 Å². The van der Waals surface area contributed by atoms with E-state index in [1.807, 2.05) is 54.6 Å². The van der Waals surface area contributed by atoms with Crippen molar-refractivity contribution in [1.29, 1.82) is 0 Å². The van der Waals surface area contributed by atoms with Crippen molar-refractivity contribution >= 4 is 17.5 Å². The van der Waals surface area contributed by atoms with Crippen LogP contribution in [0.1, 0.15) is 43.4 Å². The molecule has 1 N–H and O–H groups in total. The number of ether oxygens (including phenoxy) is 2. The zero-order valence-electron chi connectivity index (χ0n) is 15.6. The van der Waals surface area contributed by atoms with Gasteiger partial charge in [0, 0.05) is 11.6 Å². The van der Waals surface area contributed by atoms with Crippen molar-refractivity contribution in [2.75, 3.05) is 13.2 Å². The van der Waals surface area contributed by atoms with Crippen LogP contribution in [0.3, 0.4) is 0 Å². The van der Waals surface area contributed by atoms with Gasteiger partial charge in [-0.3, -0.25) is 4.79 Å². The van der Waals surface area contributed by atoms with Gasteiger partial charge in [0.2, 0.25) is 5.91 Å². The van der Waals surface area contributed by atoms with E-state index in [1.54, 1.807) is 6.92 Å². The van der Waals surface area contributed by atoms with Crippen molar-refractivity contribution in [3.8, 4) is 0 Å². The van der Waals surface area contributed by atoms with E-state index in [9.17, 15) is 4.79 Å². The molecule has 3 rings (SSSR count). The lowest BCUT2D eigenvalue weighted by Crippen LogP contribution is -2.39. The first-order valence-electron chi connectivity index (χ1n) is 9.47. The van der Waals surface area contributed by atoms with Crippen LogP contribution in [0.5, 0.6) is 0 Å². The minimum atomic E-state index is -0.547. The van der Waals surface area contributed by atoms with Gasteiger partial charge in [-0.05, 0) is 49.4 Å². The van der Waals surface area contributed by atoms with Crippen molar-refractivity contribution in [2.24, 2.45) is 0 Å². The van der Waals surface area contributed by atoms with Crippen LogP contribution in [-0.2, 0) is 14.3 Å². The Labute approximate surface area is 165 Å². The number of carbonyl (C=O) groups is 1. The Morgan fingerprint density at radius 3 is 2.52 bits per heavy atom. The summed E-state index contributed by atoms with van der Waals surface area (Å²) < 4.78 is 11.4. The Bertz CT molecular complexity index is 714. The molecule has 0 radical (unpaired) electrons. The van der Waals surface area contributed by atoms with Crippen LogP contribution in [0.15, 0.2) is 54.6 Å². The molecule has 5 heteroatoms. The number of rotatable bonds is 7. The molecule has 1 aliphatic heterocycles. The maximum absolute atomic E-state index is 12.7. The topological polar surface area (TPSA) is 47.6 Å². The highest BCUT2D eigenvalue weighted by Gasteiger charge is 2.23. The zero-order valence-corrected chi connectivity index (χ0v) is 16.3. The lowest BCUT2D eigenvalue weighted by Gasteiger charge is -2.25. The summed E-state index contributed by atoms with van der Waals surface area (Å²) in [5, 5.41) is 3.78. The average molecular weight is 388 g/mol. The van der Waals surface area contributed by atoms with Gasteiger partial charge < -0.3 is 14.8 Å². The number of halogens is 1. The van der Waals surface area contributed by atoms with Crippen LogP contribution in [0.25, 0.3) is 0 Å². The number of nitrogens with one attached hydrogen (secondary N) is 1. The highest BCUT2D eigenvalue weighted by Crippen LogP contribution is 2.24. The van der Waals surface area contributed by atoms with E-state index >= 15 is 0 Å². The fourth-order valence-electron chi connectivity index (χ4n) is 3.19. The smallest absolute Gasteiger partial charge is 0.249 e. The zero-order chi connectivity index (χ0) is 19.1. The molecule has 2 aromatic rings. The van der Waals surface area contributed by atoms with Crippen LogP contribution in [0, 0.1) is 0 Å². The molecule has 2 aromatic carbocycles. The van der Waals surface area contributed by atoms with E-state index in [-0.39, 0.29) is 18.1 Å². The first-order valence-corrected chi connectivity index (χ1v) is 9.85. The molecular weight excluding hydrogens is 362 g/mol. The van der Waals surface area contributed by atoms with E-state index < -0.39 is 6.10 Å². The van der Waals surface area contributed by atoms with Crippen LogP contribution in [0.4, 0.5) is 0 Å². The Morgan fingerprint density at radius 1 is 1.15 bits per heavy atom. The molecule has 0 bridgehead atoms. The van der Waals surface area contributed by atoms with Crippen LogP contribution < -0.4 is 5.32 Å². The monoisotopic (exact) mass is 387 g/mol. The maximum Gasteiger partial charge on any atom is 0.249 e. The van der Waals surface area contributed by atoms with Crippen molar-refractivity contribution in [1.82, 2.24) is 5.32 Å². The van der Waals surface area contributed by atoms with Crippen LogP contribution in [-0.4, -0.2) is 31.3 Å². The quantitative estimate of drug-likeness (QED) is 0.759. The molecule has 3 unspecified atom stereocenters. The summed E-state index contributed by atoms with van der Waals surface area (Å²) in [6.07, 6.45) is 2.79. The predicted molar refractivity (Wildman–Crippen MR) is 107 cm³/mol. The maximum atomic E-state index is 12.7. The van der Waals surface area contributed by atoms with Crippen LogP contribution >= 0.6 is 11.6 Å². The summed E-state index contributed by atoms with van der Waals surface area (Å²) >= 11 is 6.01. The van der Waals surface area contributed by atoms with Gasteiger partial charge in [-0.15, -0.1) is 0 Å². The first kappa shape index (κ1) is 19.9. The fraction of sp³-hybridized carbons (Fsp3) is 0.409. The standard InChI is InChI=1S/C22H26ClNO3/c1-16(27-15-20-9-5-6-14-26-20)22(25)24-21(17-7-3-2-4-8-17)18-10-12-19(23)13-11-18/h2-4,7-8,10-13,16,20-21H,5-6,9,14-15H2,1H3,(H,24,25). The van der Waals surface area contributed by atoms with E-state index in [2.05, 4.69) is 5.32 Å². The Kier molecular flexibility index (Phi) is 7.27. The molecule has 0 saturated carbocycles. The van der Waals surface area contributed by atoms with Gasteiger partial charge >= 0.3 is 0 Å². The van der Waals surface area contributed by atoms with Gasteiger partial charge in [-0.2, -0.15) is 0 Å². The van der Waals surface area contributed by atoms with Gasteiger partial charge in [0.05, 0.1) is 18.8 Å². The molecule has 144 valence electrons. The largest absolute Gasteiger partial charge is 0.376 e. The molecular formula is C22H26ClNO3. The summed E-state index contributed by atoms with van der Waals surface area (Å²) in [5.41, 5.74) is 1.98. The summed E-state index contributed by atoms with van der Waals surface area (Å²) in [4.78, 5) is 12.7. The number of carbonyl (C=O) groups excluding carboxylic acids is 1. The Balaban J connectivity index is 1.65. The third kappa shape index (κ3) is 5.80. The molecule has 1 aliphatic rings. The van der Waals surface area contributed by atoms with E-state index in [0.717, 1.165) is 37.0 Å². The van der Waals surface area contributed by atoms with Crippen molar-refractivity contribution in [2.45, 2.75) is 44.4 Å². The van der Waals surface area contributed by atoms with Gasteiger partial charge in [0.1, 0.15) is 6.10 Å². The van der Waals surface area contributed by atoms with Gasteiger partial charge in [-0.1, -0.05) is 54.1 Å². The molecule has 0 spiro atoms. The molecule has 4 nitrogen and oxygen atoms in total. The summed E-state index contributed by atoms with van der Waals surface area (Å²) in [7, 11) is 0. The fourth-order valence-corrected chi connectivity index (χ4v) is 3.31. The lowest BCUT2D eigenvalue weighted by molar-refractivity contribution is -0.136. The molecule has 1 amide bonds. The van der Waals surface area contributed by atoms with Crippen molar-refractivity contribution in [3.05, 3.63) is 70.7 Å². The Hall–Kier alpha value is -1.88. The molecule has 0 aromatic heterocycles. The molecule has 3 atom stereocenters. The molecule has 1 heterocycles. The summed E-state index contributed by atoms with van der Waals surface area (Å²) in [6, 6.07) is 17.2. The second kappa shape index (κ2) is 9.88.